The lowest BCUT2D eigenvalue weighted by molar-refractivity contribution is 0.271. The second-order valence-electron chi connectivity index (χ2n) is 9.26. The minimum absolute atomic E-state index is 0.0598. The summed E-state index contributed by atoms with van der Waals surface area (Å²) in [4.78, 5) is 6.84. The van der Waals surface area contributed by atoms with Crippen molar-refractivity contribution in [2.24, 2.45) is 7.05 Å². The molecule has 3 aliphatic rings. The molecule has 2 aromatic heterocycles. The number of rotatable bonds is 5. The zero-order valence-electron chi connectivity index (χ0n) is 17.9. The number of halogens is 1. The van der Waals surface area contributed by atoms with E-state index < -0.39 is 6.17 Å². The largest absolute Gasteiger partial charge is 0.507 e. The van der Waals surface area contributed by atoms with E-state index in [1.54, 1.807) is 29.2 Å². The first-order chi connectivity index (χ1) is 15.5. The number of nitrogens with one attached hydrogen (secondary N) is 1. The number of phenolic OH excluding ortho intramolecular Hbond substituents is 1. The van der Waals surface area contributed by atoms with Crippen molar-refractivity contribution in [2.75, 3.05) is 4.90 Å². The molecule has 8 nitrogen and oxygen atoms in total. The minimum atomic E-state index is -0.754. The third-order valence-electron chi connectivity index (χ3n) is 6.90. The Hall–Kier alpha value is -3.07. The molecular weight excluding hydrogens is 409 g/mol. The number of aromatic hydroxyl groups is 1. The summed E-state index contributed by atoms with van der Waals surface area (Å²) in [5.41, 5.74) is 2.33. The summed E-state index contributed by atoms with van der Waals surface area (Å²) in [6.45, 7) is 0. The summed E-state index contributed by atoms with van der Waals surface area (Å²) in [6, 6.07) is 6.29. The number of hydrogen-bond acceptors (Lipinski definition) is 7. The van der Waals surface area contributed by atoms with Gasteiger partial charge in [0.15, 0.2) is 11.6 Å². The van der Waals surface area contributed by atoms with Crippen LogP contribution in [0.1, 0.15) is 32.1 Å². The fraction of sp³-hybridized carbons (Fsp3) is 0.478. The molecule has 0 spiro atoms. The van der Waals surface area contributed by atoms with E-state index in [-0.39, 0.29) is 23.9 Å². The van der Waals surface area contributed by atoms with E-state index in [2.05, 4.69) is 30.5 Å². The predicted octanol–water partition coefficient (Wildman–Crippen LogP) is 2.84. The molecule has 3 aromatic rings. The average Bonchev–Trinajstić information content (AvgIpc) is 3.46. The van der Waals surface area contributed by atoms with Crippen LogP contribution in [-0.4, -0.2) is 60.4 Å². The maximum atomic E-state index is 14.2. The lowest BCUT2D eigenvalue weighted by Gasteiger charge is -2.38. The number of aromatic nitrogens is 5. The van der Waals surface area contributed by atoms with Gasteiger partial charge in [-0.05, 0) is 49.8 Å². The first-order valence-corrected chi connectivity index (χ1v) is 11.3. The van der Waals surface area contributed by atoms with Crippen LogP contribution in [0.4, 0.5) is 10.2 Å². The topological polar surface area (TPSA) is 92.0 Å². The zero-order valence-corrected chi connectivity index (χ0v) is 17.9. The number of phenols is 1. The Bertz CT molecular complexity index is 1130. The average molecular weight is 436 g/mol. The molecule has 6 rings (SSSR count). The highest BCUT2D eigenvalue weighted by Gasteiger charge is 2.45. The van der Waals surface area contributed by atoms with E-state index in [1.165, 1.54) is 0 Å². The number of anilines is 1. The van der Waals surface area contributed by atoms with Crippen LogP contribution in [0.25, 0.3) is 22.5 Å². The van der Waals surface area contributed by atoms with E-state index in [0.717, 1.165) is 42.6 Å². The molecule has 4 heterocycles. The summed E-state index contributed by atoms with van der Waals surface area (Å²) >= 11 is 0. The number of nitrogens with zero attached hydrogens (tertiary/aromatic N) is 6. The molecule has 1 saturated carbocycles. The van der Waals surface area contributed by atoms with Crippen molar-refractivity contribution < 1.29 is 9.50 Å². The fourth-order valence-electron chi connectivity index (χ4n) is 5.24. The normalized spacial score (nSPS) is 26.9. The number of alkyl halides is 1. The van der Waals surface area contributed by atoms with Crippen molar-refractivity contribution >= 4 is 5.82 Å². The molecule has 0 amide bonds. The summed E-state index contributed by atoms with van der Waals surface area (Å²) in [6.07, 6.45) is 9.20. The molecule has 3 fully saturated rings. The van der Waals surface area contributed by atoms with E-state index in [0.29, 0.717) is 23.9 Å². The Morgan fingerprint density at radius 3 is 2.62 bits per heavy atom. The Morgan fingerprint density at radius 2 is 1.97 bits per heavy atom. The standard InChI is InChI=1S/C23H26FN7O/c1-30-12-14(10-26-30)13-2-5-18(21(32)6-13)23-25-11-22(28-29-23)31(16-3-4-16)17-7-15-8-19(24)20(9-17)27-15/h2,5-6,10-12,15-17,19-20,27,32H,3-4,7-9H2,1H3/t15-,17-,19+,20+/m0/s1. The molecule has 2 aliphatic heterocycles. The Kier molecular flexibility index (Phi) is 4.60. The lowest BCUT2D eigenvalue weighted by atomic mass is 9.98. The maximum Gasteiger partial charge on any atom is 0.185 e. The van der Waals surface area contributed by atoms with Gasteiger partial charge in [0.25, 0.3) is 0 Å². The molecule has 9 heteroatoms. The molecule has 1 aliphatic carbocycles. The van der Waals surface area contributed by atoms with Gasteiger partial charge in [-0.2, -0.15) is 5.10 Å². The zero-order chi connectivity index (χ0) is 21.8. The van der Waals surface area contributed by atoms with Crippen LogP contribution >= 0.6 is 0 Å². The SMILES string of the molecule is Cn1cc(-c2ccc(-c3ncc(N(C4CC4)[C@H]4C[C@H]5C[C@@H](F)[C@@H](C4)N5)nn3)c(O)c2)cn1. The van der Waals surface area contributed by atoms with Crippen molar-refractivity contribution in [2.45, 2.75) is 62.4 Å². The Balaban J connectivity index is 1.25. The quantitative estimate of drug-likeness (QED) is 0.637. The van der Waals surface area contributed by atoms with E-state index in [1.807, 2.05) is 19.3 Å². The molecule has 2 bridgehead atoms. The van der Waals surface area contributed by atoms with Crippen LogP contribution in [0.5, 0.6) is 5.75 Å². The summed E-state index contributed by atoms with van der Waals surface area (Å²) in [5.74, 6) is 1.22. The molecule has 166 valence electrons. The molecule has 0 radical (unpaired) electrons. The van der Waals surface area contributed by atoms with Crippen LogP contribution < -0.4 is 10.2 Å². The second kappa shape index (κ2) is 7.51. The molecule has 2 saturated heterocycles. The van der Waals surface area contributed by atoms with Gasteiger partial charge in [-0.1, -0.05) is 6.07 Å². The van der Waals surface area contributed by atoms with Gasteiger partial charge in [0, 0.05) is 43.0 Å². The Labute approximate surface area is 185 Å². The van der Waals surface area contributed by atoms with Crippen molar-refractivity contribution in [1.29, 1.82) is 0 Å². The van der Waals surface area contributed by atoms with Crippen molar-refractivity contribution in [3.8, 4) is 28.3 Å². The highest BCUT2D eigenvalue weighted by atomic mass is 19.1. The number of piperidine rings is 1. The van der Waals surface area contributed by atoms with Gasteiger partial charge in [-0.25, -0.2) is 9.37 Å². The number of fused-ring (bicyclic) bond motifs is 2. The number of aryl methyl sites for hydroxylation is 1. The summed E-state index contributed by atoms with van der Waals surface area (Å²) in [7, 11) is 1.86. The lowest BCUT2D eigenvalue weighted by Crippen LogP contribution is -2.50. The molecule has 4 atom stereocenters. The molecule has 32 heavy (non-hydrogen) atoms. The first-order valence-electron chi connectivity index (χ1n) is 11.3. The molecule has 2 N–H and O–H groups in total. The highest BCUT2D eigenvalue weighted by Crippen LogP contribution is 2.39. The van der Waals surface area contributed by atoms with Gasteiger partial charge < -0.3 is 15.3 Å². The van der Waals surface area contributed by atoms with Gasteiger partial charge in [0.2, 0.25) is 0 Å². The number of benzene rings is 1. The smallest absolute Gasteiger partial charge is 0.185 e. The van der Waals surface area contributed by atoms with Crippen LogP contribution in [0, 0.1) is 0 Å². The molecule has 0 unspecified atom stereocenters. The Morgan fingerprint density at radius 1 is 1.09 bits per heavy atom. The highest BCUT2D eigenvalue weighted by molar-refractivity contribution is 5.72. The number of hydrogen-bond donors (Lipinski definition) is 2. The summed E-state index contributed by atoms with van der Waals surface area (Å²) < 4.78 is 15.9. The molecule has 1 aromatic carbocycles. The van der Waals surface area contributed by atoms with Gasteiger partial charge in [-0.15, -0.1) is 10.2 Å². The third-order valence-corrected chi connectivity index (χ3v) is 6.90. The van der Waals surface area contributed by atoms with Gasteiger partial charge in [0.1, 0.15) is 11.9 Å². The third kappa shape index (κ3) is 3.50. The van der Waals surface area contributed by atoms with Gasteiger partial charge >= 0.3 is 0 Å². The van der Waals surface area contributed by atoms with E-state index >= 15 is 0 Å². The predicted molar refractivity (Wildman–Crippen MR) is 118 cm³/mol. The van der Waals surface area contributed by atoms with Crippen molar-refractivity contribution in [1.82, 2.24) is 30.3 Å². The van der Waals surface area contributed by atoms with Crippen LogP contribution in [0.3, 0.4) is 0 Å². The minimum Gasteiger partial charge on any atom is -0.507 e. The second-order valence-corrected chi connectivity index (χ2v) is 9.26. The monoisotopic (exact) mass is 435 g/mol. The summed E-state index contributed by atoms with van der Waals surface area (Å²) in [5, 5.41) is 27.0. The van der Waals surface area contributed by atoms with Crippen LogP contribution in [0.2, 0.25) is 0 Å². The van der Waals surface area contributed by atoms with E-state index in [9.17, 15) is 9.50 Å². The first kappa shape index (κ1) is 19.6. The molecular formula is C23H26FN7O. The maximum absolute atomic E-state index is 14.2. The fourth-order valence-corrected chi connectivity index (χ4v) is 5.24. The van der Waals surface area contributed by atoms with Crippen LogP contribution in [0.15, 0.2) is 36.8 Å². The van der Waals surface area contributed by atoms with Gasteiger partial charge in [0.05, 0.1) is 18.0 Å². The van der Waals surface area contributed by atoms with Crippen molar-refractivity contribution in [3.63, 3.8) is 0 Å². The van der Waals surface area contributed by atoms with Crippen LogP contribution in [-0.2, 0) is 7.05 Å². The van der Waals surface area contributed by atoms with Gasteiger partial charge in [-0.3, -0.25) is 4.68 Å². The van der Waals surface area contributed by atoms with E-state index in [4.69, 9.17) is 0 Å². The van der Waals surface area contributed by atoms with Crippen molar-refractivity contribution in [3.05, 3.63) is 36.8 Å².